The Morgan fingerprint density at radius 3 is 2.25 bits per heavy atom. The maximum absolute atomic E-state index is 11.3. The fourth-order valence-electron chi connectivity index (χ4n) is 1.24. The van der Waals surface area contributed by atoms with Crippen LogP contribution in [0.3, 0.4) is 0 Å². The van der Waals surface area contributed by atoms with E-state index in [2.05, 4.69) is 19.2 Å². The van der Waals surface area contributed by atoms with E-state index in [0.717, 1.165) is 16.8 Å². The first kappa shape index (κ1) is 9.04. The summed E-state index contributed by atoms with van der Waals surface area (Å²) in [5.74, 6) is 0.463. The molecule has 1 amide bonds. The van der Waals surface area contributed by atoms with Gasteiger partial charge in [-0.25, -0.2) is 0 Å². The molecule has 1 aliphatic rings. The molecule has 0 saturated heterocycles. The Balaban J connectivity index is 2.98. The molecule has 0 bridgehead atoms. The normalized spacial score (nSPS) is 21.1. The summed E-state index contributed by atoms with van der Waals surface area (Å²) in [7, 11) is 0. The van der Waals surface area contributed by atoms with Crippen LogP contribution in [0.1, 0.15) is 27.7 Å². The minimum Gasteiger partial charge on any atom is -0.326 e. The summed E-state index contributed by atoms with van der Waals surface area (Å²) in [6.07, 6.45) is 2.00. The van der Waals surface area contributed by atoms with Gasteiger partial charge in [-0.2, -0.15) is 0 Å². The van der Waals surface area contributed by atoms with E-state index in [1.165, 1.54) is 0 Å². The molecule has 0 saturated carbocycles. The summed E-state index contributed by atoms with van der Waals surface area (Å²) in [6, 6.07) is 0. The first-order chi connectivity index (χ1) is 5.52. The summed E-state index contributed by atoms with van der Waals surface area (Å²) in [5.41, 5.74) is 2.89. The van der Waals surface area contributed by atoms with E-state index >= 15 is 0 Å². The van der Waals surface area contributed by atoms with E-state index < -0.39 is 0 Å². The van der Waals surface area contributed by atoms with Crippen LogP contribution in [0.4, 0.5) is 0 Å². The third-order valence-corrected chi connectivity index (χ3v) is 2.01. The van der Waals surface area contributed by atoms with E-state index in [9.17, 15) is 4.79 Å². The molecule has 0 atom stereocenters. The minimum absolute atomic E-state index is 0.0405. The van der Waals surface area contributed by atoms with Crippen molar-refractivity contribution in [2.45, 2.75) is 27.7 Å². The van der Waals surface area contributed by atoms with Crippen molar-refractivity contribution in [1.82, 2.24) is 5.32 Å². The zero-order valence-corrected chi connectivity index (χ0v) is 8.06. The number of carbonyl (C=O) groups excluding carboxylic acids is 1. The maximum atomic E-state index is 11.3. The molecular formula is C10H15NO. The zero-order valence-electron chi connectivity index (χ0n) is 8.06. The Labute approximate surface area is 73.4 Å². The van der Waals surface area contributed by atoms with Crippen LogP contribution >= 0.6 is 0 Å². The van der Waals surface area contributed by atoms with Crippen molar-refractivity contribution < 1.29 is 4.79 Å². The van der Waals surface area contributed by atoms with Crippen LogP contribution in [0.5, 0.6) is 0 Å². The number of hydrogen-bond donors (Lipinski definition) is 1. The van der Waals surface area contributed by atoms with E-state index in [0.29, 0.717) is 5.92 Å². The number of rotatable bonds is 1. The molecule has 1 heterocycles. The molecule has 12 heavy (non-hydrogen) atoms. The molecule has 0 spiro atoms. The molecule has 0 aromatic carbocycles. The van der Waals surface area contributed by atoms with Crippen LogP contribution in [-0.2, 0) is 4.79 Å². The topological polar surface area (TPSA) is 29.1 Å². The highest BCUT2D eigenvalue weighted by molar-refractivity contribution is 6.02. The Kier molecular flexibility index (Phi) is 2.36. The van der Waals surface area contributed by atoms with Crippen molar-refractivity contribution in [2.24, 2.45) is 5.92 Å². The van der Waals surface area contributed by atoms with Crippen LogP contribution in [-0.4, -0.2) is 5.91 Å². The molecule has 0 radical (unpaired) electrons. The molecule has 1 rings (SSSR count). The predicted octanol–water partition coefficient (Wildman–Crippen LogP) is 1.99. The van der Waals surface area contributed by atoms with Crippen molar-refractivity contribution in [1.29, 1.82) is 0 Å². The lowest BCUT2D eigenvalue weighted by Gasteiger charge is -1.99. The average Bonchev–Trinajstić information content (AvgIpc) is 2.16. The summed E-state index contributed by atoms with van der Waals surface area (Å²) in [6.45, 7) is 8.04. The summed E-state index contributed by atoms with van der Waals surface area (Å²) >= 11 is 0. The molecule has 2 nitrogen and oxygen atoms in total. The summed E-state index contributed by atoms with van der Waals surface area (Å²) in [4.78, 5) is 11.3. The minimum atomic E-state index is 0.0405. The fraction of sp³-hybridized carbons (Fsp3) is 0.500. The van der Waals surface area contributed by atoms with E-state index in [4.69, 9.17) is 0 Å². The smallest absolute Gasteiger partial charge is 0.255 e. The van der Waals surface area contributed by atoms with Gasteiger partial charge in [0, 0.05) is 11.3 Å². The average molecular weight is 165 g/mol. The van der Waals surface area contributed by atoms with Crippen molar-refractivity contribution >= 4 is 5.91 Å². The van der Waals surface area contributed by atoms with Crippen molar-refractivity contribution in [3.63, 3.8) is 0 Å². The first-order valence-corrected chi connectivity index (χ1v) is 4.23. The molecule has 1 aliphatic heterocycles. The van der Waals surface area contributed by atoms with Gasteiger partial charge in [0.05, 0.1) is 0 Å². The molecular weight excluding hydrogens is 150 g/mol. The molecule has 0 aliphatic carbocycles. The SMILES string of the molecule is CC1=C(C)/C(=C/C(C)C)C(=O)N1. The fourth-order valence-corrected chi connectivity index (χ4v) is 1.24. The van der Waals surface area contributed by atoms with E-state index in [1.807, 2.05) is 19.9 Å². The van der Waals surface area contributed by atoms with Crippen LogP contribution in [0, 0.1) is 5.92 Å². The lowest BCUT2D eigenvalue weighted by Crippen LogP contribution is -2.15. The van der Waals surface area contributed by atoms with Crippen LogP contribution in [0.15, 0.2) is 22.9 Å². The van der Waals surface area contributed by atoms with Crippen LogP contribution in [0.2, 0.25) is 0 Å². The molecule has 66 valence electrons. The molecule has 1 N–H and O–H groups in total. The number of amides is 1. The quantitative estimate of drug-likeness (QED) is 0.591. The summed E-state index contributed by atoms with van der Waals surface area (Å²) in [5, 5.41) is 2.79. The largest absolute Gasteiger partial charge is 0.326 e. The Bertz CT molecular complexity index is 272. The standard InChI is InChI=1S/C10H15NO/c1-6(2)5-9-7(3)8(4)11-10(9)12/h5-6H,1-4H3,(H,11,12)/b9-5-. The summed E-state index contributed by atoms with van der Waals surface area (Å²) < 4.78 is 0. The maximum Gasteiger partial charge on any atom is 0.255 e. The third-order valence-electron chi connectivity index (χ3n) is 2.01. The third kappa shape index (κ3) is 1.58. The predicted molar refractivity (Wildman–Crippen MR) is 49.4 cm³/mol. The highest BCUT2D eigenvalue weighted by Gasteiger charge is 2.20. The van der Waals surface area contributed by atoms with Crippen molar-refractivity contribution in [3.8, 4) is 0 Å². The van der Waals surface area contributed by atoms with Gasteiger partial charge >= 0.3 is 0 Å². The number of nitrogens with one attached hydrogen (secondary N) is 1. The van der Waals surface area contributed by atoms with E-state index in [-0.39, 0.29) is 5.91 Å². The highest BCUT2D eigenvalue weighted by atomic mass is 16.1. The number of hydrogen-bond acceptors (Lipinski definition) is 1. The van der Waals surface area contributed by atoms with Gasteiger partial charge in [0.1, 0.15) is 0 Å². The Morgan fingerprint density at radius 2 is 1.92 bits per heavy atom. The lowest BCUT2D eigenvalue weighted by molar-refractivity contribution is -0.116. The van der Waals surface area contributed by atoms with Crippen molar-refractivity contribution in [3.05, 3.63) is 22.9 Å². The van der Waals surface area contributed by atoms with Gasteiger partial charge in [-0.15, -0.1) is 0 Å². The van der Waals surface area contributed by atoms with Gasteiger partial charge in [0.15, 0.2) is 0 Å². The first-order valence-electron chi connectivity index (χ1n) is 4.23. The molecule has 0 aromatic rings. The molecule has 0 aromatic heterocycles. The van der Waals surface area contributed by atoms with Gasteiger partial charge in [0.25, 0.3) is 5.91 Å². The highest BCUT2D eigenvalue weighted by Crippen LogP contribution is 2.21. The van der Waals surface area contributed by atoms with Gasteiger partial charge < -0.3 is 5.32 Å². The Morgan fingerprint density at radius 1 is 1.33 bits per heavy atom. The number of allylic oxidation sites excluding steroid dienone is 2. The Hall–Kier alpha value is -1.05. The monoisotopic (exact) mass is 165 g/mol. The van der Waals surface area contributed by atoms with Crippen molar-refractivity contribution in [2.75, 3.05) is 0 Å². The lowest BCUT2D eigenvalue weighted by atomic mass is 10.0. The van der Waals surface area contributed by atoms with Gasteiger partial charge in [-0.1, -0.05) is 19.9 Å². The molecule has 0 unspecified atom stereocenters. The van der Waals surface area contributed by atoms with Crippen LogP contribution < -0.4 is 5.32 Å². The van der Waals surface area contributed by atoms with Crippen LogP contribution in [0.25, 0.3) is 0 Å². The zero-order chi connectivity index (χ0) is 9.30. The molecule has 2 heteroatoms. The number of carbonyl (C=O) groups is 1. The second-order valence-corrected chi connectivity index (χ2v) is 3.53. The van der Waals surface area contributed by atoms with Gasteiger partial charge in [0.2, 0.25) is 0 Å². The molecule has 0 fully saturated rings. The van der Waals surface area contributed by atoms with Gasteiger partial charge in [-0.3, -0.25) is 4.79 Å². The second-order valence-electron chi connectivity index (χ2n) is 3.53. The van der Waals surface area contributed by atoms with Gasteiger partial charge in [-0.05, 0) is 25.3 Å². The van der Waals surface area contributed by atoms with E-state index in [1.54, 1.807) is 0 Å². The second kappa shape index (κ2) is 3.13.